The molecule has 0 aromatic heterocycles. The molecule has 0 bridgehead atoms. The van der Waals surface area contributed by atoms with Gasteiger partial charge < -0.3 is 9.47 Å². The number of hydrogen-bond acceptors (Lipinski definition) is 3. The quantitative estimate of drug-likeness (QED) is 0.509. The van der Waals surface area contributed by atoms with E-state index >= 15 is 0 Å². The summed E-state index contributed by atoms with van der Waals surface area (Å²) >= 11 is 11.0. The molecule has 0 saturated heterocycles. The van der Waals surface area contributed by atoms with Crippen molar-refractivity contribution in [2.75, 3.05) is 13.0 Å². The Kier molecular flexibility index (Phi) is 5.64. The summed E-state index contributed by atoms with van der Waals surface area (Å²) in [4.78, 5) is 10.4. The average Bonchev–Trinajstić information content (AvgIpc) is 1.98. The van der Waals surface area contributed by atoms with Crippen molar-refractivity contribution in [3.63, 3.8) is 0 Å². The molecular weight excluding hydrogens is 191 g/mol. The van der Waals surface area contributed by atoms with Gasteiger partial charge >= 0.3 is 5.97 Å². The lowest BCUT2D eigenvalue weighted by molar-refractivity contribution is -0.148. The van der Waals surface area contributed by atoms with Crippen LogP contribution in [0.25, 0.3) is 0 Å². The number of halogens is 2. The van der Waals surface area contributed by atoms with E-state index in [4.69, 9.17) is 32.7 Å². The first-order chi connectivity index (χ1) is 5.11. The summed E-state index contributed by atoms with van der Waals surface area (Å²) < 4.78 is 9.43. The zero-order valence-corrected chi connectivity index (χ0v) is 7.85. The SMILES string of the molecule is COC(Cl)C(CCl)OC(C)=O. The number of rotatable bonds is 4. The van der Waals surface area contributed by atoms with Gasteiger partial charge in [0.25, 0.3) is 0 Å². The van der Waals surface area contributed by atoms with Gasteiger partial charge in [-0.25, -0.2) is 0 Å². The fraction of sp³-hybridized carbons (Fsp3) is 0.833. The summed E-state index contributed by atoms with van der Waals surface area (Å²) in [5.74, 6) is -0.292. The van der Waals surface area contributed by atoms with E-state index in [0.717, 1.165) is 0 Å². The molecule has 66 valence electrons. The third-order valence-corrected chi connectivity index (χ3v) is 1.75. The predicted molar refractivity (Wildman–Crippen MR) is 42.9 cm³/mol. The fourth-order valence-corrected chi connectivity index (χ4v) is 0.977. The van der Waals surface area contributed by atoms with Crippen LogP contribution in [0.5, 0.6) is 0 Å². The van der Waals surface area contributed by atoms with Crippen LogP contribution in [0.3, 0.4) is 0 Å². The molecule has 0 aromatic rings. The van der Waals surface area contributed by atoms with E-state index in [1.54, 1.807) is 0 Å². The van der Waals surface area contributed by atoms with E-state index in [9.17, 15) is 4.79 Å². The number of hydrogen-bond donors (Lipinski definition) is 0. The van der Waals surface area contributed by atoms with Gasteiger partial charge in [-0.05, 0) is 0 Å². The molecule has 0 saturated carbocycles. The zero-order valence-electron chi connectivity index (χ0n) is 6.34. The highest BCUT2D eigenvalue weighted by molar-refractivity contribution is 6.22. The van der Waals surface area contributed by atoms with Crippen LogP contribution < -0.4 is 0 Å². The van der Waals surface area contributed by atoms with Crippen molar-refractivity contribution >= 4 is 29.2 Å². The second-order valence-corrected chi connectivity index (χ2v) is 2.63. The van der Waals surface area contributed by atoms with E-state index in [1.165, 1.54) is 14.0 Å². The van der Waals surface area contributed by atoms with Crippen LogP contribution in [0, 0.1) is 0 Å². The molecule has 0 amide bonds. The molecule has 0 rings (SSSR count). The van der Waals surface area contributed by atoms with Gasteiger partial charge in [-0.15, -0.1) is 11.6 Å². The molecule has 0 aliphatic carbocycles. The highest BCUT2D eigenvalue weighted by Crippen LogP contribution is 2.09. The monoisotopic (exact) mass is 200 g/mol. The first-order valence-corrected chi connectivity index (χ1v) is 3.99. The second-order valence-electron chi connectivity index (χ2n) is 1.89. The van der Waals surface area contributed by atoms with Crippen LogP contribution in [0.15, 0.2) is 0 Å². The molecule has 3 nitrogen and oxygen atoms in total. The molecule has 0 aromatic carbocycles. The number of carbonyl (C=O) groups excluding carboxylic acids is 1. The maximum atomic E-state index is 10.4. The van der Waals surface area contributed by atoms with Gasteiger partial charge in [-0.3, -0.25) is 4.79 Å². The number of carbonyl (C=O) groups is 1. The Bertz CT molecular complexity index is 129. The topological polar surface area (TPSA) is 35.5 Å². The largest absolute Gasteiger partial charge is 0.457 e. The maximum Gasteiger partial charge on any atom is 0.303 e. The van der Waals surface area contributed by atoms with Gasteiger partial charge in [0.15, 0.2) is 11.7 Å². The molecule has 5 heteroatoms. The van der Waals surface area contributed by atoms with Gasteiger partial charge in [0, 0.05) is 14.0 Å². The molecule has 0 aliphatic heterocycles. The second kappa shape index (κ2) is 5.63. The van der Waals surface area contributed by atoms with Crippen molar-refractivity contribution < 1.29 is 14.3 Å². The van der Waals surface area contributed by atoms with Crippen LogP contribution in [0.4, 0.5) is 0 Å². The molecule has 0 heterocycles. The normalized spacial score (nSPS) is 15.6. The van der Waals surface area contributed by atoms with Crippen molar-refractivity contribution in [1.82, 2.24) is 0 Å². The standard InChI is InChI=1S/C6H10Cl2O3/c1-4(9)11-5(3-7)6(8)10-2/h5-6H,3H2,1-2H3. The van der Waals surface area contributed by atoms with Crippen molar-refractivity contribution in [3.8, 4) is 0 Å². The molecule has 11 heavy (non-hydrogen) atoms. The molecule has 0 radical (unpaired) electrons. The lowest BCUT2D eigenvalue weighted by atomic mass is 10.4. The Balaban J connectivity index is 3.84. The Morgan fingerprint density at radius 2 is 2.18 bits per heavy atom. The smallest absolute Gasteiger partial charge is 0.303 e. The van der Waals surface area contributed by atoms with Crippen LogP contribution in [0.2, 0.25) is 0 Å². The summed E-state index contributed by atoms with van der Waals surface area (Å²) in [6.45, 7) is 1.29. The summed E-state index contributed by atoms with van der Waals surface area (Å²) in [6, 6.07) is 0. The number of esters is 1. The molecule has 2 atom stereocenters. The Labute approximate surface area is 75.6 Å². The minimum absolute atomic E-state index is 0.127. The molecule has 2 unspecified atom stereocenters. The molecule has 0 N–H and O–H groups in total. The third-order valence-electron chi connectivity index (χ3n) is 0.987. The van der Waals surface area contributed by atoms with Crippen LogP contribution in [-0.4, -0.2) is 30.6 Å². The maximum absolute atomic E-state index is 10.4. The minimum atomic E-state index is -0.684. The highest BCUT2D eigenvalue weighted by atomic mass is 35.5. The van der Waals surface area contributed by atoms with Crippen LogP contribution >= 0.6 is 23.2 Å². The van der Waals surface area contributed by atoms with E-state index in [-0.39, 0.29) is 5.88 Å². The van der Waals surface area contributed by atoms with Gasteiger partial charge in [-0.1, -0.05) is 11.6 Å². The number of ether oxygens (including phenoxy) is 2. The summed E-state index contributed by atoms with van der Waals surface area (Å²) in [6.07, 6.45) is -0.583. The van der Waals surface area contributed by atoms with E-state index < -0.39 is 17.6 Å². The van der Waals surface area contributed by atoms with E-state index in [0.29, 0.717) is 0 Å². The van der Waals surface area contributed by atoms with E-state index in [1.807, 2.05) is 0 Å². The fourth-order valence-electron chi connectivity index (χ4n) is 0.520. The summed E-state index contributed by atoms with van der Waals surface area (Å²) in [5, 5.41) is 0. The Morgan fingerprint density at radius 3 is 2.45 bits per heavy atom. The minimum Gasteiger partial charge on any atom is -0.457 e. The van der Waals surface area contributed by atoms with Crippen molar-refractivity contribution in [3.05, 3.63) is 0 Å². The van der Waals surface area contributed by atoms with Crippen molar-refractivity contribution in [2.24, 2.45) is 0 Å². The van der Waals surface area contributed by atoms with Crippen LogP contribution in [-0.2, 0) is 14.3 Å². The first kappa shape index (κ1) is 11.0. The predicted octanol–water partition coefficient (Wildman–Crippen LogP) is 1.37. The number of alkyl halides is 2. The Hall–Kier alpha value is 0.01000. The van der Waals surface area contributed by atoms with Crippen molar-refractivity contribution in [1.29, 1.82) is 0 Å². The number of methoxy groups -OCH3 is 1. The van der Waals surface area contributed by atoms with Gasteiger partial charge in [0.1, 0.15) is 0 Å². The first-order valence-electron chi connectivity index (χ1n) is 3.01. The van der Waals surface area contributed by atoms with Crippen LogP contribution in [0.1, 0.15) is 6.92 Å². The average molecular weight is 201 g/mol. The third kappa shape index (κ3) is 4.45. The van der Waals surface area contributed by atoms with Crippen molar-refractivity contribution in [2.45, 2.75) is 18.6 Å². The molecule has 0 fully saturated rings. The molecule has 0 spiro atoms. The summed E-state index contributed by atoms with van der Waals surface area (Å²) in [5.41, 5.74) is -0.684. The summed E-state index contributed by atoms with van der Waals surface area (Å²) in [7, 11) is 1.42. The van der Waals surface area contributed by atoms with Gasteiger partial charge in [0.2, 0.25) is 0 Å². The molecular formula is C6H10Cl2O3. The van der Waals surface area contributed by atoms with Gasteiger partial charge in [-0.2, -0.15) is 0 Å². The Morgan fingerprint density at radius 1 is 1.64 bits per heavy atom. The lowest BCUT2D eigenvalue weighted by Gasteiger charge is -2.17. The molecule has 0 aliphatic rings. The zero-order chi connectivity index (χ0) is 8.85. The van der Waals surface area contributed by atoms with Gasteiger partial charge in [0.05, 0.1) is 5.88 Å². The highest BCUT2D eigenvalue weighted by Gasteiger charge is 2.20. The van der Waals surface area contributed by atoms with E-state index in [2.05, 4.69) is 0 Å². The lowest BCUT2D eigenvalue weighted by Crippen LogP contribution is -2.29.